The Morgan fingerprint density at radius 1 is 1.13 bits per heavy atom. The summed E-state index contributed by atoms with van der Waals surface area (Å²) in [6, 6.07) is 8.55. The number of aliphatic hydroxyl groups is 1. The third-order valence-corrected chi connectivity index (χ3v) is 10.5. The summed E-state index contributed by atoms with van der Waals surface area (Å²) in [6.45, 7) is 14.7. The molecule has 7 nitrogen and oxygen atoms in total. The predicted octanol–water partition coefficient (Wildman–Crippen LogP) is 3.89. The van der Waals surface area contributed by atoms with Crippen molar-refractivity contribution in [2.75, 3.05) is 6.61 Å². The molecule has 3 saturated heterocycles. The van der Waals surface area contributed by atoms with Gasteiger partial charge in [-0.05, 0) is 57.4 Å². The Kier molecular flexibility index (Phi) is 7.74. The molecule has 1 aromatic rings. The fraction of sp³-hybridized carbons (Fsp3) is 0.700. The van der Waals surface area contributed by atoms with Gasteiger partial charge in [-0.2, -0.15) is 0 Å². The Morgan fingerprint density at radius 2 is 1.79 bits per heavy atom. The van der Waals surface area contributed by atoms with Gasteiger partial charge in [0.2, 0.25) is 17.7 Å². The van der Waals surface area contributed by atoms with Crippen molar-refractivity contribution in [2.24, 2.45) is 17.3 Å². The van der Waals surface area contributed by atoms with Gasteiger partial charge in [-0.15, -0.1) is 11.8 Å². The van der Waals surface area contributed by atoms with E-state index in [0.29, 0.717) is 19.4 Å². The summed E-state index contributed by atoms with van der Waals surface area (Å²) in [4.78, 5) is 43.7. The van der Waals surface area contributed by atoms with Gasteiger partial charge in [0.05, 0.1) is 29.2 Å². The first kappa shape index (κ1) is 28.9. The van der Waals surface area contributed by atoms with E-state index in [1.54, 1.807) is 16.7 Å². The molecule has 38 heavy (non-hydrogen) atoms. The molecule has 4 rings (SSSR count). The Bertz CT molecular complexity index is 1070. The van der Waals surface area contributed by atoms with E-state index in [0.717, 1.165) is 18.4 Å². The summed E-state index contributed by atoms with van der Waals surface area (Å²) in [7, 11) is 0. The molecule has 0 aromatic heterocycles. The predicted molar refractivity (Wildman–Crippen MR) is 151 cm³/mol. The van der Waals surface area contributed by atoms with Crippen molar-refractivity contribution in [1.29, 1.82) is 0 Å². The quantitative estimate of drug-likeness (QED) is 0.439. The largest absolute Gasteiger partial charge is 0.394 e. The molecule has 210 valence electrons. The van der Waals surface area contributed by atoms with Gasteiger partial charge in [-0.1, -0.05) is 58.0 Å². The van der Waals surface area contributed by atoms with Crippen LogP contribution < -0.4 is 10.6 Å². The number of fused-ring (bicyclic) bond motifs is 1. The van der Waals surface area contributed by atoms with Crippen LogP contribution in [0.2, 0.25) is 0 Å². The van der Waals surface area contributed by atoms with Crippen molar-refractivity contribution < 1.29 is 19.5 Å². The van der Waals surface area contributed by atoms with Crippen LogP contribution in [0.5, 0.6) is 0 Å². The first-order valence-corrected chi connectivity index (χ1v) is 14.8. The lowest BCUT2D eigenvalue weighted by Gasteiger charge is -2.40. The summed E-state index contributed by atoms with van der Waals surface area (Å²) in [5, 5.41) is 16.6. The number of hydrogen-bond acceptors (Lipinski definition) is 5. The second kappa shape index (κ2) is 10.2. The van der Waals surface area contributed by atoms with Crippen LogP contribution in [0.3, 0.4) is 0 Å². The fourth-order valence-electron chi connectivity index (χ4n) is 7.54. The van der Waals surface area contributed by atoms with Crippen molar-refractivity contribution in [3.63, 3.8) is 0 Å². The molecule has 3 aliphatic rings. The maximum atomic E-state index is 14.2. The molecule has 0 aliphatic carbocycles. The van der Waals surface area contributed by atoms with Crippen molar-refractivity contribution in [3.05, 3.63) is 35.9 Å². The highest BCUT2D eigenvalue weighted by Crippen LogP contribution is 2.71. The minimum absolute atomic E-state index is 0.00974. The first-order chi connectivity index (χ1) is 17.7. The molecule has 3 heterocycles. The lowest BCUT2D eigenvalue weighted by Crippen LogP contribution is -2.60. The van der Waals surface area contributed by atoms with Crippen LogP contribution >= 0.6 is 11.8 Å². The van der Waals surface area contributed by atoms with Gasteiger partial charge >= 0.3 is 0 Å². The van der Waals surface area contributed by atoms with E-state index in [2.05, 4.69) is 38.3 Å². The number of nitrogens with zero attached hydrogens (tertiary/aromatic N) is 1. The number of nitrogens with one attached hydrogen (secondary N) is 2. The SMILES string of the molecule is CC[C@@H](CO)N1C(=O)[C@@H]2[C@@H](C(=O)NCc3ccccc3)[C@@]3(C)CCC2(S3)C1C(=O)NC(C)(C)CC(C)(C)C. The molecule has 2 unspecified atom stereocenters. The van der Waals surface area contributed by atoms with Crippen molar-refractivity contribution in [1.82, 2.24) is 15.5 Å². The average molecular weight is 544 g/mol. The summed E-state index contributed by atoms with van der Waals surface area (Å²) >= 11 is 1.67. The average Bonchev–Trinajstić information content (AvgIpc) is 3.38. The van der Waals surface area contributed by atoms with Crippen molar-refractivity contribution in [3.8, 4) is 0 Å². The molecule has 3 amide bonds. The maximum Gasteiger partial charge on any atom is 0.244 e. The van der Waals surface area contributed by atoms with Gasteiger partial charge in [0.15, 0.2) is 0 Å². The van der Waals surface area contributed by atoms with Crippen LogP contribution in [0.1, 0.15) is 79.7 Å². The van der Waals surface area contributed by atoms with Gasteiger partial charge in [0.1, 0.15) is 6.04 Å². The summed E-state index contributed by atoms with van der Waals surface area (Å²) < 4.78 is -1.11. The van der Waals surface area contributed by atoms with E-state index in [1.807, 2.05) is 51.1 Å². The molecular weight excluding hydrogens is 498 g/mol. The fourth-order valence-corrected chi connectivity index (χ4v) is 9.88. The van der Waals surface area contributed by atoms with Crippen molar-refractivity contribution >= 4 is 29.5 Å². The number of aliphatic hydroxyl groups excluding tert-OH is 1. The number of amides is 3. The number of thioether (sulfide) groups is 1. The summed E-state index contributed by atoms with van der Waals surface area (Å²) in [5.41, 5.74) is 0.535. The number of benzene rings is 1. The van der Waals surface area contributed by atoms with Gasteiger partial charge in [0, 0.05) is 16.8 Å². The lowest BCUT2D eigenvalue weighted by atomic mass is 9.66. The number of hydrogen-bond donors (Lipinski definition) is 3. The van der Waals surface area contributed by atoms with Crippen molar-refractivity contribution in [2.45, 2.75) is 108 Å². The monoisotopic (exact) mass is 543 g/mol. The molecule has 6 atom stereocenters. The lowest BCUT2D eigenvalue weighted by molar-refractivity contribution is -0.143. The summed E-state index contributed by atoms with van der Waals surface area (Å²) in [6.07, 6.45) is 2.77. The van der Waals surface area contributed by atoms with Gasteiger partial charge in [-0.3, -0.25) is 14.4 Å². The highest BCUT2D eigenvalue weighted by molar-refractivity contribution is 8.02. The van der Waals surface area contributed by atoms with E-state index in [-0.39, 0.29) is 29.7 Å². The van der Waals surface area contributed by atoms with Crippen LogP contribution in [0.25, 0.3) is 0 Å². The maximum absolute atomic E-state index is 14.2. The second-order valence-corrected chi connectivity index (χ2v) is 15.4. The molecule has 0 saturated carbocycles. The zero-order valence-corrected chi connectivity index (χ0v) is 24.8. The number of carbonyl (C=O) groups is 3. The first-order valence-electron chi connectivity index (χ1n) is 13.9. The number of rotatable bonds is 9. The molecule has 3 N–H and O–H groups in total. The van der Waals surface area contributed by atoms with Crippen LogP contribution in [0.4, 0.5) is 0 Å². The minimum atomic E-state index is -0.727. The molecule has 1 aromatic carbocycles. The highest BCUT2D eigenvalue weighted by atomic mass is 32.2. The molecule has 1 spiro atoms. The van der Waals surface area contributed by atoms with Gasteiger partial charge in [0.25, 0.3) is 0 Å². The molecule has 3 fully saturated rings. The van der Waals surface area contributed by atoms with Crippen LogP contribution in [-0.4, -0.2) is 61.5 Å². The van der Waals surface area contributed by atoms with E-state index >= 15 is 0 Å². The highest BCUT2D eigenvalue weighted by Gasteiger charge is 2.77. The normalized spacial score (nSPS) is 31.3. The Balaban J connectivity index is 1.68. The third kappa shape index (κ3) is 5.10. The molecule has 0 radical (unpaired) electrons. The molecule has 3 aliphatic heterocycles. The zero-order chi connectivity index (χ0) is 28.1. The Labute approximate surface area is 231 Å². The van der Waals surface area contributed by atoms with Gasteiger partial charge < -0.3 is 20.6 Å². The van der Waals surface area contributed by atoms with E-state index in [4.69, 9.17) is 0 Å². The standard InChI is InChI=1S/C30H45N3O4S/c1-8-20(17-34)33-23(25(36)32-28(5,6)18-27(2,3)4)30-15-14-29(7,38-30)21(22(30)26(33)37)24(35)31-16-19-12-10-9-11-13-19/h9-13,20-23,34H,8,14-18H2,1-7H3,(H,31,35)(H,32,36)/t20-,21-,22-,23?,29+,30?/m0/s1. The van der Waals surface area contributed by atoms with Gasteiger partial charge in [-0.25, -0.2) is 0 Å². The zero-order valence-electron chi connectivity index (χ0n) is 24.0. The summed E-state index contributed by atoms with van der Waals surface area (Å²) in [5.74, 6) is -1.60. The smallest absolute Gasteiger partial charge is 0.244 e. The van der Waals surface area contributed by atoms with Crippen LogP contribution in [-0.2, 0) is 20.9 Å². The van der Waals surface area contributed by atoms with E-state index in [1.165, 1.54) is 0 Å². The number of likely N-dealkylation sites (tertiary alicyclic amines) is 1. The van der Waals surface area contributed by atoms with Crippen LogP contribution in [0.15, 0.2) is 30.3 Å². The Morgan fingerprint density at radius 3 is 2.37 bits per heavy atom. The molecule has 2 bridgehead atoms. The second-order valence-electron chi connectivity index (χ2n) is 13.5. The third-order valence-electron chi connectivity index (χ3n) is 8.56. The topological polar surface area (TPSA) is 98.7 Å². The molecule has 8 heteroatoms. The van der Waals surface area contributed by atoms with E-state index in [9.17, 15) is 19.5 Å². The number of carbonyl (C=O) groups excluding carboxylic acids is 3. The molecular formula is C30H45N3O4S. The Hall–Kier alpha value is -2.06. The van der Waals surface area contributed by atoms with Crippen LogP contribution in [0, 0.1) is 17.3 Å². The minimum Gasteiger partial charge on any atom is -0.394 e. The van der Waals surface area contributed by atoms with E-state index < -0.39 is 39.0 Å².